The lowest BCUT2D eigenvalue weighted by atomic mass is 9.79. The molecule has 1 aliphatic rings. The van der Waals surface area contributed by atoms with Gasteiger partial charge in [-0.3, -0.25) is 4.99 Å². The summed E-state index contributed by atoms with van der Waals surface area (Å²) in [7, 11) is -0.320. The second-order valence-electron chi connectivity index (χ2n) is 6.52. The maximum Gasteiger partial charge on any atom is 0.494 e. The van der Waals surface area contributed by atoms with Gasteiger partial charge in [-0.25, -0.2) is 0 Å². The van der Waals surface area contributed by atoms with Crippen molar-refractivity contribution in [2.75, 3.05) is 6.26 Å². The van der Waals surface area contributed by atoms with Crippen molar-refractivity contribution in [3.05, 3.63) is 47.0 Å². The Kier molecular flexibility index (Phi) is 5.55. The van der Waals surface area contributed by atoms with E-state index in [0.717, 1.165) is 16.7 Å². The van der Waals surface area contributed by atoms with Crippen LogP contribution in [-0.2, 0) is 9.31 Å². The molecule has 0 bridgehead atoms. The molecule has 2 rings (SSSR count). The normalized spacial score (nSPS) is 20.2. The molecule has 1 saturated heterocycles. The first-order chi connectivity index (χ1) is 10.8. The molecule has 1 heterocycles. The van der Waals surface area contributed by atoms with E-state index in [-0.39, 0.29) is 18.3 Å². The first kappa shape index (κ1) is 18.0. The molecule has 0 saturated carbocycles. The highest BCUT2D eigenvalue weighted by molar-refractivity contribution is 8.01. The molecule has 5 heteroatoms. The molecule has 0 aromatic heterocycles. The van der Waals surface area contributed by atoms with Gasteiger partial charge in [-0.05, 0) is 63.2 Å². The van der Waals surface area contributed by atoms with Gasteiger partial charge in [-0.2, -0.15) is 0 Å². The van der Waals surface area contributed by atoms with Gasteiger partial charge in [0, 0.05) is 0 Å². The molecule has 0 spiro atoms. The minimum atomic E-state index is -0.320. The summed E-state index contributed by atoms with van der Waals surface area (Å²) in [6.45, 7) is 11.8. The third-order valence-electron chi connectivity index (χ3n) is 4.33. The second kappa shape index (κ2) is 7.08. The van der Waals surface area contributed by atoms with Gasteiger partial charge in [0.1, 0.15) is 0 Å². The summed E-state index contributed by atoms with van der Waals surface area (Å²) in [4.78, 5) is 3.97. The predicted octanol–water partition coefficient (Wildman–Crippen LogP) is 3.90. The summed E-state index contributed by atoms with van der Waals surface area (Å²) in [5, 5.41) is 1.96. The van der Waals surface area contributed by atoms with Crippen LogP contribution in [0.2, 0.25) is 0 Å². The molecular formula is C18H24BNO2S. The Morgan fingerprint density at radius 2 is 1.70 bits per heavy atom. The molecule has 0 unspecified atom stereocenters. The smallest absolute Gasteiger partial charge is 0.399 e. The number of allylic oxidation sites excluding steroid dienone is 1. The summed E-state index contributed by atoms with van der Waals surface area (Å²) in [6.07, 6.45) is 5.97. The minimum absolute atomic E-state index is 0.316. The van der Waals surface area contributed by atoms with Gasteiger partial charge >= 0.3 is 7.12 Å². The van der Waals surface area contributed by atoms with Gasteiger partial charge < -0.3 is 9.31 Å². The Labute approximate surface area is 144 Å². The first-order valence-corrected chi connectivity index (χ1v) is 8.91. The zero-order valence-corrected chi connectivity index (χ0v) is 15.3. The molecule has 0 aliphatic carbocycles. The summed E-state index contributed by atoms with van der Waals surface area (Å²) < 4.78 is 12.1. The van der Waals surface area contributed by atoms with Gasteiger partial charge in [0.05, 0.1) is 16.9 Å². The van der Waals surface area contributed by atoms with Gasteiger partial charge in [-0.15, -0.1) is 11.8 Å². The Balaban J connectivity index is 2.11. The zero-order valence-electron chi connectivity index (χ0n) is 14.5. The van der Waals surface area contributed by atoms with Crippen LogP contribution in [0.15, 0.2) is 46.4 Å². The number of nitrogens with zero attached hydrogens (tertiary/aromatic N) is 1. The summed E-state index contributed by atoms with van der Waals surface area (Å²) in [5.41, 5.74) is 2.35. The standard InChI is InChI=1S/C18H24BNO2S/c1-17(2)18(3,4)22-19(21-17)15-10-7-14(8-11-15)9-12-16(20-5)13-23-6/h7-13H,5H2,1-4,6H3. The number of thioether (sulfide) groups is 1. The number of rotatable bonds is 5. The SMILES string of the molecule is C=NC(C=Cc1ccc(B2OC(C)(C)C(C)(C)O2)cc1)=CSC. The molecule has 122 valence electrons. The van der Waals surface area contributed by atoms with Crippen LogP contribution in [0.4, 0.5) is 0 Å². The van der Waals surface area contributed by atoms with E-state index in [0.29, 0.717) is 0 Å². The number of aliphatic imine (C=N–C) groups is 1. The third-order valence-corrected chi connectivity index (χ3v) is 4.81. The molecule has 0 radical (unpaired) electrons. The highest BCUT2D eigenvalue weighted by Crippen LogP contribution is 2.36. The lowest BCUT2D eigenvalue weighted by Crippen LogP contribution is -2.41. The molecule has 3 nitrogen and oxygen atoms in total. The fourth-order valence-electron chi connectivity index (χ4n) is 2.18. The van der Waals surface area contributed by atoms with E-state index in [1.54, 1.807) is 11.8 Å². The van der Waals surface area contributed by atoms with Gasteiger partial charge in [0.25, 0.3) is 0 Å². The Morgan fingerprint density at radius 1 is 1.13 bits per heavy atom. The Morgan fingerprint density at radius 3 is 2.17 bits per heavy atom. The summed E-state index contributed by atoms with van der Waals surface area (Å²) >= 11 is 1.61. The predicted molar refractivity (Wildman–Crippen MR) is 102 cm³/mol. The summed E-state index contributed by atoms with van der Waals surface area (Å²) in [6, 6.07) is 8.19. The molecule has 1 aromatic rings. The lowest BCUT2D eigenvalue weighted by Gasteiger charge is -2.32. The van der Waals surface area contributed by atoms with E-state index in [1.165, 1.54) is 0 Å². The van der Waals surface area contributed by atoms with Crippen molar-refractivity contribution in [2.45, 2.75) is 38.9 Å². The Bertz CT molecular complexity index is 604. The van der Waals surface area contributed by atoms with Crippen LogP contribution in [0, 0.1) is 0 Å². The number of hydrogen-bond acceptors (Lipinski definition) is 4. The highest BCUT2D eigenvalue weighted by atomic mass is 32.2. The highest BCUT2D eigenvalue weighted by Gasteiger charge is 2.51. The fourth-order valence-corrected chi connectivity index (χ4v) is 2.57. The van der Waals surface area contributed by atoms with Crippen LogP contribution in [0.5, 0.6) is 0 Å². The topological polar surface area (TPSA) is 30.8 Å². The molecular weight excluding hydrogens is 305 g/mol. The zero-order chi connectivity index (χ0) is 17.1. The third kappa shape index (κ3) is 4.16. The van der Waals surface area contributed by atoms with Crippen molar-refractivity contribution in [3.63, 3.8) is 0 Å². The molecule has 1 aliphatic heterocycles. The average molecular weight is 329 g/mol. The van der Waals surface area contributed by atoms with Crippen molar-refractivity contribution >= 4 is 37.1 Å². The first-order valence-electron chi connectivity index (χ1n) is 7.62. The number of benzene rings is 1. The van der Waals surface area contributed by atoms with Crippen molar-refractivity contribution in [3.8, 4) is 0 Å². The van der Waals surface area contributed by atoms with E-state index in [1.807, 2.05) is 35.9 Å². The molecule has 0 N–H and O–H groups in total. The van der Waals surface area contributed by atoms with Crippen LogP contribution >= 0.6 is 11.8 Å². The van der Waals surface area contributed by atoms with E-state index in [4.69, 9.17) is 9.31 Å². The average Bonchev–Trinajstić information content (AvgIpc) is 2.72. The Hall–Kier alpha value is -1.30. The maximum atomic E-state index is 6.06. The quantitative estimate of drug-likeness (QED) is 0.466. The molecule has 0 atom stereocenters. The molecule has 1 fully saturated rings. The largest absolute Gasteiger partial charge is 0.494 e. The minimum Gasteiger partial charge on any atom is -0.399 e. The van der Waals surface area contributed by atoms with E-state index in [2.05, 4.69) is 51.5 Å². The van der Waals surface area contributed by atoms with E-state index < -0.39 is 0 Å². The van der Waals surface area contributed by atoms with Crippen molar-refractivity contribution in [1.82, 2.24) is 0 Å². The van der Waals surface area contributed by atoms with Gasteiger partial charge in [-0.1, -0.05) is 30.3 Å². The van der Waals surface area contributed by atoms with E-state index >= 15 is 0 Å². The maximum absolute atomic E-state index is 6.06. The van der Waals surface area contributed by atoms with Crippen molar-refractivity contribution in [1.29, 1.82) is 0 Å². The van der Waals surface area contributed by atoms with Crippen molar-refractivity contribution in [2.24, 2.45) is 4.99 Å². The lowest BCUT2D eigenvalue weighted by molar-refractivity contribution is 0.00578. The summed E-state index contributed by atoms with van der Waals surface area (Å²) in [5.74, 6) is 0. The molecule has 1 aromatic carbocycles. The monoisotopic (exact) mass is 329 g/mol. The van der Waals surface area contributed by atoms with Crippen LogP contribution in [-0.4, -0.2) is 31.3 Å². The molecule has 0 amide bonds. The second-order valence-corrected chi connectivity index (χ2v) is 7.23. The van der Waals surface area contributed by atoms with Crippen LogP contribution in [0.25, 0.3) is 6.08 Å². The fraction of sp³-hybridized carbons (Fsp3) is 0.389. The van der Waals surface area contributed by atoms with E-state index in [9.17, 15) is 0 Å². The van der Waals surface area contributed by atoms with Crippen LogP contribution in [0.3, 0.4) is 0 Å². The van der Waals surface area contributed by atoms with Crippen molar-refractivity contribution < 1.29 is 9.31 Å². The van der Waals surface area contributed by atoms with Gasteiger partial charge in [0.15, 0.2) is 0 Å². The van der Waals surface area contributed by atoms with Gasteiger partial charge in [0.2, 0.25) is 0 Å². The van der Waals surface area contributed by atoms with Crippen LogP contribution in [0.1, 0.15) is 33.3 Å². The van der Waals surface area contributed by atoms with Crippen LogP contribution < -0.4 is 5.46 Å². The number of hydrogen-bond donors (Lipinski definition) is 0. The molecule has 23 heavy (non-hydrogen) atoms.